The van der Waals surface area contributed by atoms with Crippen molar-refractivity contribution >= 4 is 6.29 Å². The van der Waals surface area contributed by atoms with E-state index in [9.17, 15) is 4.79 Å². The molecule has 0 aromatic carbocycles. The third kappa shape index (κ3) is 0.717. The van der Waals surface area contributed by atoms with Crippen LogP contribution < -0.4 is 0 Å². The van der Waals surface area contributed by atoms with E-state index in [0.29, 0.717) is 11.3 Å². The highest BCUT2D eigenvalue weighted by Crippen LogP contribution is 2.50. The maximum Gasteiger partial charge on any atom is 0.123 e. The molecule has 0 N–H and O–H groups in total. The van der Waals surface area contributed by atoms with Gasteiger partial charge in [0, 0.05) is 19.0 Å². The summed E-state index contributed by atoms with van der Waals surface area (Å²) in [5.41, 5.74) is 0.584. The van der Waals surface area contributed by atoms with Gasteiger partial charge in [-0.05, 0) is 25.3 Å². The average molecular weight is 139 g/mol. The number of likely N-dealkylation sites (tertiary alicyclic amines) is 1. The zero-order valence-electron chi connectivity index (χ0n) is 6.34. The molecule has 2 fully saturated rings. The van der Waals surface area contributed by atoms with Crippen molar-refractivity contribution in [1.29, 1.82) is 0 Å². The van der Waals surface area contributed by atoms with Crippen LogP contribution in [0, 0.1) is 11.3 Å². The molecular weight excluding hydrogens is 126 g/mol. The Kier molecular flexibility index (Phi) is 1.15. The lowest BCUT2D eigenvalue weighted by molar-refractivity contribution is -0.128. The van der Waals surface area contributed by atoms with Crippen LogP contribution in [0.3, 0.4) is 0 Å². The van der Waals surface area contributed by atoms with E-state index < -0.39 is 0 Å². The molecule has 0 radical (unpaired) electrons. The van der Waals surface area contributed by atoms with Crippen molar-refractivity contribution in [3.05, 3.63) is 0 Å². The van der Waals surface area contributed by atoms with E-state index in [4.69, 9.17) is 0 Å². The second-order valence-electron chi connectivity index (χ2n) is 3.98. The molecule has 1 saturated heterocycles. The minimum absolute atomic E-state index is 0.397. The second kappa shape index (κ2) is 1.82. The molecule has 2 heteroatoms. The molecule has 56 valence electrons. The van der Waals surface area contributed by atoms with Gasteiger partial charge < -0.3 is 9.69 Å². The normalized spacial score (nSPS) is 31.3. The number of rotatable bonds is 1. The first-order valence-corrected chi connectivity index (χ1v) is 3.88. The molecule has 0 atom stereocenters. The topological polar surface area (TPSA) is 20.3 Å². The Hall–Kier alpha value is -0.370. The van der Waals surface area contributed by atoms with Gasteiger partial charge in [-0.3, -0.25) is 0 Å². The highest BCUT2D eigenvalue weighted by atomic mass is 16.1. The number of hydrogen-bond acceptors (Lipinski definition) is 2. The van der Waals surface area contributed by atoms with Gasteiger partial charge >= 0.3 is 0 Å². The first-order chi connectivity index (χ1) is 4.74. The van der Waals surface area contributed by atoms with Crippen molar-refractivity contribution in [2.75, 3.05) is 20.1 Å². The predicted octanol–water partition coefficient (Wildman–Crippen LogP) is 0.527. The molecule has 1 aliphatic heterocycles. The Bertz CT molecular complexity index is 153. The van der Waals surface area contributed by atoms with Gasteiger partial charge in [0.15, 0.2) is 0 Å². The van der Waals surface area contributed by atoms with Crippen molar-refractivity contribution in [3.8, 4) is 0 Å². The molecule has 1 spiro atoms. The minimum Gasteiger partial charge on any atom is -0.305 e. The van der Waals surface area contributed by atoms with Gasteiger partial charge in [-0.15, -0.1) is 0 Å². The highest BCUT2D eigenvalue weighted by molar-refractivity contribution is 5.56. The second-order valence-corrected chi connectivity index (χ2v) is 3.98. The lowest BCUT2D eigenvalue weighted by Gasteiger charge is -2.57. The molecule has 10 heavy (non-hydrogen) atoms. The zero-order chi connectivity index (χ0) is 7.19. The van der Waals surface area contributed by atoms with E-state index in [1.807, 2.05) is 0 Å². The standard InChI is InChI=1S/C8H13NO/c1-9-5-8(6-9)2-7(3-8)4-10/h4,7H,2-3,5-6H2,1H3. The van der Waals surface area contributed by atoms with Crippen LogP contribution >= 0.6 is 0 Å². The maximum absolute atomic E-state index is 10.3. The average Bonchev–Trinajstić information content (AvgIpc) is 1.74. The van der Waals surface area contributed by atoms with Gasteiger partial charge in [-0.2, -0.15) is 0 Å². The van der Waals surface area contributed by atoms with E-state index in [-0.39, 0.29) is 0 Å². The van der Waals surface area contributed by atoms with Crippen LogP contribution in [-0.4, -0.2) is 31.3 Å². The van der Waals surface area contributed by atoms with Gasteiger partial charge in [0.2, 0.25) is 0 Å². The van der Waals surface area contributed by atoms with Crippen LogP contribution in [-0.2, 0) is 4.79 Å². The fourth-order valence-corrected chi connectivity index (χ4v) is 2.51. The van der Waals surface area contributed by atoms with Crippen LogP contribution in [0.2, 0.25) is 0 Å². The minimum atomic E-state index is 0.397. The Morgan fingerprint density at radius 3 is 2.50 bits per heavy atom. The van der Waals surface area contributed by atoms with Crippen molar-refractivity contribution < 1.29 is 4.79 Å². The molecule has 1 heterocycles. The van der Waals surface area contributed by atoms with Gasteiger partial charge in [0.05, 0.1) is 0 Å². The number of aldehydes is 1. The van der Waals surface area contributed by atoms with E-state index in [2.05, 4.69) is 11.9 Å². The number of carbonyl (C=O) groups excluding carboxylic acids is 1. The SMILES string of the molecule is CN1CC2(CC(C=O)C2)C1. The lowest BCUT2D eigenvalue weighted by atomic mass is 9.58. The fraction of sp³-hybridized carbons (Fsp3) is 0.875. The van der Waals surface area contributed by atoms with E-state index in [1.165, 1.54) is 13.1 Å². The summed E-state index contributed by atoms with van der Waals surface area (Å²) in [4.78, 5) is 12.6. The maximum atomic E-state index is 10.3. The van der Waals surface area contributed by atoms with Gasteiger partial charge in [0.1, 0.15) is 6.29 Å². The molecule has 0 amide bonds. The van der Waals surface area contributed by atoms with Crippen LogP contribution in [0.5, 0.6) is 0 Å². The summed E-state index contributed by atoms with van der Waals surface area (Å²) in [5.74, 6) is 0.397. The van der Waals surface area contributed by atoms with Crippen molar-refractivity contribution in [2.24, 2.45) is 11.3 Å². The molecule has 0 aromatic heterocycles. The quantitative estimate of drug-likeness (QED) is 0.494. The third-order valence-electron chi connectivity index (χ3n) is 2.79. The van der Waals surface area contributed by atoms with E-state index in [0.717, 1.165) is 19.1 Å². The summed E-state index contributed by atoms with van der Waals surface area (Å²) < 4.78 is 0. The monoisotopic (exact) mass is 139 g/mol. The number of nitrogens with zero attached hydrogens (tertiary/aromatic N) is 1. The van der Waals surface area contributed by atoms with Crippen LogP contribution in [0.15, 0.2) is 0 Å². The molecule has 0 bridgehead atoms. The van der Waals surface area contributed by atoms with Crippen LogP contribution in [0.1, 0.15) is 12.8 Å². The first kappa shape index (κ1) is 6.35. The van der Waals surface area contributed by atoms with Crippen molar-refractivity contribution in [3.63, 3.8) is 0 Å². The molecule has 2 aliphatic rings. The lowest BCUT2D eigenvalue weighted by Crippen LogP contribution is -2.60. The zero-order valence-corrected chi connectivity index (χ0v) is 6.34. The number of carbonyl (C=O) groups is 1. The van der Waals surface area contributed by atoms with Crippen LogP contribution in [0.25, 0.3) is 0 Å². The Morgan fingerprint density at radius 2 is 2.10 bits per heavy atom. The summed E-state index contributed by atoms with van der Waals surface area (Å²) in [7, 11) is 2.14. The third-order valence-corrected chi connectivity index (χ3v) is 2.79. The fourth-order valence-electron chi connectivity index (χ4n) is 2.51. The van der Waals surface area contributed by atoms with Crippen molar-refractivity contribution in [1.82, 2.24) is 4.90 Å². The summed E-state index contributed by atoms with van der Waals surface area (Å²) >= 11 is 0. The summed E-state index contributed by atoms with van der Waals surface area (Å²) in [6, 6.07) is 0. The Morgan fingerprint density at radius 1 is 1.50 bits per heavy atom. The highest BCUT2D eigenvalue weighted by Gasteiger charge is 2.50. The largest absolute Gasteiger partial charge is 0.305 e. The summed E-state index contributed by atoms with van der Waals surface area (Å²) in [6.07, 6.45) is 3.42. The Balaban J connectivity index is 1.85. The van der Waals surface area contributed by atoms with Gasteiger partial charge in [-0.25, -0.2) is 0 Å². The van der Waals surface area contributed by atoms with E-state index >= 15 is 0 Å². The smallest absolute Gasteiger partial charge is 0.123 e. The molecular formula is C8H13NO. The van der Waals surface area contributed by atoms with Crippen molar-refractivity contribution in [2.45, 2.75) is 12.8 Å². The molecule has 2 rings (SSSR count). The number of hydrogen-bond donors (Lipinski definition) is 0. The van der Waals surface area contributed by atoms with E-state index in [1.54, 1.807) is 0 Å². The van der Waals surface area contributed by atoms with Gasteiger partial charge in [0.25, 0.3) is 0 Å². The molecule has 1 saturated carbocycles. The molecule has 0 aromatic rings. The predicted molar refractivity (Wildman–Crippen MR) is 38.7 cm³/mol. The molecule has 1 aliphatic carbocycles. The van der Waals surface area contributed by atoms with Gasteiger partial charge in [-0.1, -0.05) is 0 Å². The first-order valence-electron chi connectivity index (χ1n) is 3.88. The molecule has 0 unspecified atom stereocenters. The van der Waals surface area contributed by atoms with Crippen LogP contribution in [0.4, 0.5) is 0 Å². The Labute approximate surface area is 61.2 Å². The summed E-state index contributed by atoms with van der Waals surface area (Å²) in [6.45, 7) is 2.44. The molecule has 2 nitrogen and oxygen atoms in total. The summed E-state index contributed by atoms with van der Waals surface area (Å²) in [5, 5.41) is 0.